The number of nitrogens with zero attached hydrogens (tertiary/aromatic N) is 3. The number of hydrogen-bond acceptors (Lipinski definition) is 5. The molecule has 1 aliphatic rings. The highest BCUT2D eigenvalue weighted by Crippen LogP contribution is 2.30. The van der Waals surface area contributed by atoms with Gasteiger partial charge in [0.2, 0.25) is 0 Å². The van der Waals surface area contributed by atoms with Crippen molar-refractivity contribution in [3.63, 3.8) is 0 Å². The lowest BCUT2D eigenvalue weighted by Crippen LogP contribution is -2.37. The summed E-state index contributed by atoms with van der Waals surface area (Å²) in [6, 6.07) is 5.26. The van der Waals surface area contributed by atoms with Crippen LogP contribution in [0.4, 0.5) is 13.2 Å². The monoisotopic (exact) mass is 398 g/mol. The van der Waals surface area contributed by atoms with E-state index in [-0.39, 0.29) is 11.8 Å². The molecule has 1 aromatic heterocycles. The number of halogens is 3. The Bertz CT molecular complexity index is 792. The van der Waals surface area contributed by atoms with Crippen LogP contribution in [0.15, 0.2) is 18.2 Å². The first-order chi connectivity index (χ1) is 13.4. The molecule has 0 aliphatic carbocycles. The predicted octanol–water partition coefficient (Wildman–Crippen LogP) is 3.28. The van der Waals surface area contributed by atoms with Crippen LogP contribution in [0, 0.1) is 0 Å². The van der Waals surface area contributed by atoms with Gasteiger partial charge in [-0.3, -0.25) is 0 Å². The van der Waals surface area contributed by atoms with Crippen LogP contribution in [-0.2, 0) is 25.9 Å². The van der Waals surface area contributed by atoms with Gasteiger partial charge in [0.25, 0.3) is 0 Å². The summed E-state index contributed by atoms with van der Waals surface area (Å²) < 4.78 is 49.5. The minimum Gasteiger partial charge on any atom is -0.490 e. The van der Waals surface area contributed by atoms with Gasteiger partial charge in [-0.2, -0.15) is 18.3 Å². The Balaban J connectivity index is 1.60. The normalized spacial score (nSPS) is 16.7. The maximum atomic E-state index is 12.4. The zero-order valence-corrected chi connectivity index (χ0v) is 16.1. The Morgan fingerprint density at radius 2 is 2.04 bits per heavy atom. The molecule has 0 spiro atoms. The molecule has 1 unspecified atom stereocenters. The fraction of sp³-hybridized carbons (Fsp3) is 0.579. The van der Waals surface area contributed by atoms with Crippen LogP contribution in [0.1, 0.15) is 37.5 Å². The lowest BCUT2D eigenvalue weighted by Gasteiger charge is -2.24. The molecule has 0 saturated carbocycles. The van der Waals surface area contributed by atoms with E-state index in [2.05, 4.69) is 15.4 Å². The largest absolute Gasteiger partial charge is 0.490 e. The molecule has 9 heteroatoms. The van der Waals surface area contributed by atoms with Crippen molar-refractivity contribution < 1.29 is 22.6 Å². The second-order valence-corrected chi connectivity index (χ2v) is 6.71. The fourth-order valence-electron chi connectivity index (χ4n) is 3.15. The van der Waals surface area contributed by atoms with Gasteiger partial charge in [-0.05, 0) is 31.0 Å². The smallest absolute Gasteiger partial charge is 0.422 e. The van der Waals surface area contributed by atoms with Crippen molar-refractivity contribution in [1.29, 1.82) is 0 Å². The third-order valence-corrected chi connectivity index (χ3v) is 4.51. The van der Waals surface area contributed by atoms with E-state index < -0.39 is 12.8 Å². The molecule has 154 valence electrons. The summed E-state index contributed by atoms with van der Waals surface area (Å²) in [5.41, 5.74) is 0.918. The second-order valence-electron chi connectivity index (χ2n) is 6.71. The third-order valence-electron chi connectivity index (χ3n) is 4.51. The van der Waals surface area contributed by atoms with Crippen LogP contribution < -0.4 is 14.8 Å². The molecule has 6 nitrogen and oxygen atoms in total. The van der Waals surface area contributed by atoms with Crippen LogP contribution in [0.5, 0.6) is 11.5 Å². The Labute approximate surface area is 162 Å². The van der Waals surface area contributed by atoms with Gasteiger partial charge >= 0.3 is 6.18 Å². The Morgan fingerprint density at radius 3 is 2.75 bits per heavy atom. The quantitative estimate of drug-likeness (QED) is 0.740. The summed E-state index contributed by atoms with van der Waals surface area (Å²) in [4.78, 5) is 4.51. The number of aryl methyl sites for hydroxylation is 2. The first-order valence-electron chi connectivity index (χ1n) is 9.49. The van der Waals surface area contributed by atoms with Crippen LogP contribution in [0.2, 0.25) is 0 Å². The summed E-state index contributed by atoms with van der Waals surface area (Å²) in [5.74, 6) is 2.31. The molecule has 2 aromatic rings. The zero-order chi connectivity index (χ0) is 20.1. The topological polar surface area (TPSA) is 61.2 Å². The van der Waals surface area contributed by atoms with E-state index in [1.54, 1.807) is 19.1 Å². The van der Waals surface area contributed by atoms with E-state index in [0.717, 1.165) is 43.0 Å². The van der Waals surface area contributed by atoms with Crippen LogP contribution in [0.25, 0.3) is 0 Å². The first kappa shape index (κ1) is 20.4. The molecule has 28 heavy (non-hydrogen) atoms. The molecule has 1 atom stereocenters. The van der Waals surface area contributed by atoms with Crippen molar-refractivity contribution in [2.75, 3.05) is 13.2 Å². The molecule has 0 radical (unpaired) electrons. The van der Waals surface area contributed by atoms with Crippen molar-refractivity contribution in [3.05, 3.63) is 35.4 Å². The molecule has 0 saturated heterocycles. The fourth-order valence-corrected chi connectivity index (χ4v) is 3.15. The molecule has 1 aromatic carbocycles. The van der Waals surface area contributed by atoms with Gasteiger partial charge in [0.05, 0.1) is 13.2 Å². The second kappa shape index (κ2) is 8.81. The summed E-state index contributed by atoms with van der Waals surface area (Å²) in [7, 11) is 0. The lowest BCUT2D eigenvalue weighted by molar-refractivity contribution is -0.153. The molecule has 0 bridgehead atoms. The van der Waals surface area contributed by atoms with Crippen LogP contribution in [-0.4, -0.2) is 40.2 Å². The minimum atomic E-state index is -4.39. The van der Waals surface area contributed by atoms with E-state index in [4.69, 9.17) is 9.47 Å². The number of hydrogen-bond donors (Lipinski definition) is 1. The van der Waals surface area contributed by atoms with Gasteiger partial charge in [-0.25, -0.2) is 9.67 Å². The van der Waals surface area contributed by atoms with E-state index in [1.165, 1.54) is 6.07 Å². The standard InChI is InChI=1S/C19H25F3N4O2/c1-3-17-24-18-8-6-14(11-26(18)25-17)23-10-13-5-7-15(16(9-13)27-4-2)28-12-19(20,21)22/h5,7,9,14,23H,3-4,6,8,10-12H2,1-2H3. The third kappa shape index (κ3) is 5.37. The van der Waals surface area contributed by atoms with Gasteiger partial charge in [0.15, 0.2) is 23.9 Å². The summed E-state index contributed by atoms with van der Waals surface area (Å²) >= 11 is 0. The highest BCUT2D eigenvalue weighted by atomic mass is 19.4. The van der Waals surface area contributed by atoms with Gasteiger partial charge < -0.3 is 14.8 Å². The number of fused-ring (bicyclic) bond motifs is 1. The van der Waals surface area contributed by atoms with Gasteiger partial charge in [0, 0.05) is 25.4 Å². The number of ether oxygens (including phenoxy) is 2. The highest BCUT2D eigenvalue weighted by molar-refractivity contribution is 5.43. The molecule has 1 aliphatic heterocycles. The average Bonchev–Trinajstić information content (AvgIpc) is 3.07. The number of nitrogens with one attached hydrogen (secondary N) is 1. The first-order valence-corrected chi connectivity index (χ1v) is 9.49. The maximum Gasteiger partial charge on any atom is 0.422 e. The molecular formula is C19H25F3N4O2. The molecule has 0 amide bonds. The lowest BCUT2D eigenvalue weighted by atomic mass is 10.1. The highest BCUT2D eigenvalue weighted by Gasteiger charge is 2.29. The number of rotatable bonds is 8. The predicted molar refractivity (Wildman–Crippen MR) is 97.5 cm³/mol. The minimum absolute atomic E-state index is 0.0972. The molecular weight excluding hydrogens is 373 g/mol. The van der Waals surface area contributed by atoms with Crippen molar-refractivity contribution in [1.82, 2.24) is 20.1 Å². The SMILES string of the molecule is CCOc1cc(CNC2CCc3nc(CC)nn3C2)ccc1OCC(F)(F)F. The number of aromatic nitrogens is 3. The molecule has 3 rings (SSSR count). The number of alkyl halides is 3. The van der Waals surface area contributed by atoms with Crippen LogP contribution in [0.3, 0.4) is 0 Å². The van der Waals surface area contributed by atoms with Crippen molar-refractivity contribution in [2.24, 2.45) is 0 Å². The van der Waals surface area contributed by atoms with Crippen molar-refractivity contribution in [2.45, 2.75) is 58.4 Å². The molecule has 2 heterocycles. The Hall–Kier alpha value is -2.29. The van der Waals surface area contributed by atoms with E-state index >= 15 is 0 Å². The summed E-state index contributed by atoms with van der Waals surface area (Å²) in [6.45, 7) is 4.15. The van der Waals surface area contributed by atoms with Crippen molar-refractivity contribution in [3.8, 4) is 11.5 Å². The van der Waals surface area contributed by atoms with Gasteiger partial charge in [-0.1, -0.05) is 13.0 Å². The molecule has 1 N–H and O–H groups in total. The summed E-state index contributed by atoms with van der Waals surface area (Å²) in [5, 5.41) is 7.99. The Kier molecular flexibility index (Phi) is 6.43. The van der Waals surface area contributed by atoms with E-state index in [0.29, 0.717) is 18.9 Å². The molecule has 0 fully saturated rings. The number of benzene rings is 1. The van der Waals surface area contributed by atoms with Gasteiger partial charge in [-0.15, -0.1) is 0 Å². The Morgan fingerprint density at radius 1 is 1.21 bits per heavy atom. The maximum absolute atomic E-state index is 12.4. The van der Waals surface area contributed by atoms with Gasteiger partial charge in [0.1, 0.15) is 5.82 Å². The van der Waals surface area contributed by atoms with Crippen LogP contribution >= 0.6 is 0 Å². The summed E-state index contributed by atoms with van der Waals surface area (Å²) in [6.07, 6.45) is -1.73. The average molecular weight is 398 g/mol. The van der Waals surface area contributed by atoms with E-state index in [9.17, 15) is 13.2 Å². The zero-order valence-electron chi connectivity index (χ0n) is 16.1. The van der Waals surface area contributed by atoms with E-state index in [1.807, 2.05) is 11.6 Å². The van der Waals surface area contributed by atoms with Crippen molar-refractivity contribution >= 4 is 0 Å².